The average Bonchev–Trinajstić information content (AvgIpc) is 2.30. The summed E-state index contributed by atoms with van der Waals surface area (Å²) < 4.78 is 39.7. The Kier molecular flexibility index (Phi) is 8.58. The molecule has 1 aromatic rings. The van der Waals surface area contributed by atoms with Gasteiger partial charge in [0.2, 0.25) is 0 Å². The summed E-state index contributed by atoms with van der Waals surface area (Å²) in [7, 11) is -4.02. The first-order valence-corrected chi connectivity index (χ1v) is 7.52. The van der Waals surface area contributed by atoms with Gasteiger partial charge in [0.25, 0.3) is 10.1 Å². The van der Waals surface area contributed by atoms with Crippen molar-refractivity contribution in [2.45, 2.75) is 38.9 Å². The van der Waals surface area contributed by atoms with E-state index in [-0.39, 0.29) is 11.2 Å². The maximum atomic E-state index is 10.5. The van der Waals surface area contributed by atoms with Gasteiger partial charge in [-0.3, -0.25) is 4.55 Å². The molecule has 0 aliphatic rings. The highest BCUT2D eigenvalue weighted by molar-refractivity contribution is 7.85. The molecule has 0 saturated heterocycles. The van der Waals surface area contributed by atoms with Crippen LogP contribution in [0.15, 0.2) is 29.2 Å². The van der Waals surface area contributed by atoms with Gasteiger partial charge in [0.1, 0.15) is 0 Å². The topological polar surface area (TPSA) is 72.8 Å². The lowest BCUT2D eigenvalue weighted by Gasteiger charge is -2.09. The highest BCUT2D eigenvalue weighted by Crippen LogP contribution is 2.08. The largest absolute Gasteiger partial charge is 0.353 e. The van der Waals surface area contributed by atoms with Gasteiger partial charge in [0.05, 0.1) is 4.90 Å². The van der Waals surface area contributed by atoms with Crippen LogP contribution in [0.2, 0.25) is 0 Å². The van der Waals surface area contributed by atoms with E-state index in [1.807, 2.05) is 27.7 Å². The van der Waals surface area contributed by atoms with Gasteiger partial charge in [0, 0.05) is 13.2 Å². The molecule has 0 heterocycles. The minimum Gasteiger partial charge on any atom is -0.353 e. The van der Waals surface area contributed by atoms with Crippen molar-refractivity contribution in [1.29, 1.82) is 0 Å². The number of rotatable bonds is 5. The molecule has 0 saturated carbocycles. The van der Waals surface area contributed by atoms with E-state index in [1.54, 1.807) is 12.1 Å². The number of benzene rings is 1. The molecular weight excluding hydrogens is 268 g/mol. The molecule has 0 unspecified atom stereocenters. The van der Waals surface area contributed by atoms with Crippen LogP contribution in [-0.2, 0) is 19.6 Å². The van der Waals surface area contributed by atoms with Crippen molar-refractivity contribution in [2.24, 2.45) is 0 Å². The van der Waals surface area contributed by atoms with Gasteiger partial charge in [-0.25, -0.2) is 0 Å². The molecule has 1 N–H and O–H groups in total. The Bertz CT molecular complexity index is 433. The van der Waals surface area contributed by atoms with E-state index in [0.717, 1.165) is 18.8 Å². The second kappa shape index (κ2) is 9.03. The Labute approximate surface area is 115 Å². The van der Waals surface area contributed by atoms with E-state index in [2.05, 4.69) is 0 Å². The van der Waals surface area contributed by atoms with Gasteiger partial charge in [-0.15, -0.1) is 0 Å². The number of aryl methyl sites for hydroxylation is 1. The second-order valence-corrected chi connectivity index (χ2v) is 5.19. The van der Waals surface area contributed by atoms with E-state index < -0.39 is 10.1 Å². The maximum Gasteiger partial charge on any atom is 0.294 e. The molecule has 0 radical (unpaired) electrons. The first kappa shape index (κ1) is 18.0. The van der Waals surface area contributed by atoms with Crippen molar-refractivity contribution in [3.63, 3.8) is 0 Å². The van der Waals surface area contributed by atoms with Gasteiger partial charge in [-0.05, 0) is 39.8 Å². The normalized spacial score (nSPS) is 11.1. The fourth-order valence-corrected chi connectivity index (χ4v) is 1.71. The second-order valence-electron chi connectivity index (χ2n) is 3.77. The molecule has 0 aliphatic heterocycles. The Hall–Kier alpha value is -0.950. The molecule has 5 nitrogen and oxygen atoms in total. The maximum absolute atomic E-state index is 10.5. The highest BCUT2D eigenvalue weighted by atomic mass is 32.2. The monoisotopic (exact) mass is 290 g/mol. The Morgan fingerprint density at radius 3 is 1.84 bits per heavy atom. The predicted molar refractivity (Wildman–Crippen MR) is 73.7 cm³/mol. The summed E-state index contributed by atoms with van der Waals surface area (Å²) in [6.45, 7) is 9.09. The number of hydrogen-bond acceptors (Lipinski definition) is 4. The summed E-state index contributed by atoms with van der Waals surface area (Å²) in [5.74, 6) is 0. The average molecular weight is 290 g/mol. The Balaban J connectivity index is 0.000000362. The van der Waals surface area contributed by atoms with Crippen LogP contribution >= 0.6 is 0 Å². The van der Waals surface area contributed by atoms with Gasteiger partial charge < -0.3 is 9.47 Å². The van der Waals surface area contributed by atoms with Gasteiger partial charge in [-0.2, -0.15) is 8.42 Å². The van der Waals surface area contributed by atoms with Crippen LogP contribution in [0.1, 0.15) is 26.3 Å². The molecule has 0 aromatic heterocycles. The lowest BCUT2D eigenvalue weighted by Crippen LogP contribution is -2.11. The molecule has 0 aliphatic carbocycles. The van der Waals surface area contributed by atoms with Crippen LogP contribution in [0.5, 0.6) is 0 Å². The van der Waals surface area contributed by atoms with Crippen molar-refractivity contribution in [3.8, 4) is 0 Å². The summed E-state index contributed by atoms with van der Waals surface area (Å²) in [6, 6.07) is 5.99. The molecule has 0 atom stereocenters. The Morgan fingerprint density at radius 1 is 1.11 bits per heavy atom. The smallest absolute Gasteiger partial charge is 0.294 e. The van der Waals surface area contributed by atoms with Crippen LogP contribution in [-0.4, -0.2) is 32.5 Å². The van der Waals surface area contributed by atoms with Crippen LogP contribution < -0.4 is 0 Å². The SMILES string of the molecule is CCOC(C)OCC.Cc1ccc(S(=O)(=O)O)cc1. The zero-order chi connectivity index (χ0) is 14.9. The van der Waals surface area contributed by atoms with Gasteiger partial charge in [0.15, 0.2) is 6.29 Å². The van der Waals surface area contributed by atoms with Crippen molar-refractivity contribution >= 4 is 10.1 Å². The van der Waals surface area contributed by atoms with E-state index >= 15 is 0 Å². The molecule has 1 aromatic carbocycles. The van der Waals surface area contributed by atoms with Crippen LogP contribution in [0.3, 0.4) is 0 Å². The lowest BCUT2D eigenvalue weighted by atomic mass is 10.2. The standard InChI is InChI=1S/C7H8O3S.C6H14O2/c1-6-2-4-7(5-3-6)11(8,9)10;1-4-7-6(3)8-5-2/h2-5H,1H3,(H,8,9,10);6H,4-5H2,1-3H3. The van der Waals surface area contributed by atoms with Crippen LogP contribution in [0, 0.1) is 6.92 Å². The highest BCUT2D eigenvalue weighted by Gasteiger charge is 2.06. The van der Waals surface area contributed by atoms with E-state index in [9.17, 15) is 8.42 Å². The molecule has 0 spiro atoms. The first-order valence-electron chi connectivity index (χ1n) is 6.08. The number of ether oxygens (including phenoxy) is 2. The molecule has 1 rings (SSSR count). The number of hydrogen-bond donors (Lipinski definition) is 1. The first-order chi connectivity index (χ1) is 8.81. The van der Waals surface area contributed by atoms with E-state index in [1.165, 1.54) is 12.1 Å². The summed E-state index contributed by atoms with van der Waals surface area (Å²) >= 11 is 0. The minimum atomic E-state index is -4.02. The fraction of sp³-hybridized carbons (Fsp3) is 0.538. The summed E-state index contributed by atoms with van der Waals surface area (Å²) in [6.07, 6.45) is -0.0370. The van der Waals surface area contributed by atoms with Gasteiger partial charge >= 0.3 is 0 Å². The molecule has 6 heteroatoms. The molecule has 0 bridgehead atoms. The fourth-order valence-electron chi connectivity index (χ4n) is 1.23. The minimum absolute atomic E-state index is 0.0370. The van der Waals surface area contributed by atoms with Gasteiger partial charge in [-0.1, -0.05) is 17.7 Å². The molecule has 0 amide bonds. The quantitative estimate of drug-likeness (QED) is 0.666. The summed E-state index contributed by atoms with van der Waals surface area (Å²) in [5, 5.41) is 0. The van der Waals surface area contributed by atoms with Crippen molar-refractivity contribution < 1.29 is 22.4 Å². The summed E-state index contributed by atoms with van der Waals surface area (Å²) in [4.78, 5) is -0.0666. The Morgan fingerprint density at radius 2 is 1.53 bits per heavy atom. The predicted octanol–water partition coefficient (Wildman–Crippen LogP) is 2.65. The third-order valence-electron chi connectivity index (χ3n) is 2.12. The molecule has 19 heavy (non-hydrogen) atoms. The van der Waals surface area contributed by atoms with Crippen molar-refractivity contribution in [3.05, 3.63) is 29.8 Å². The van der Waals surface area contributed by atoms with E-state index in [0.29, 0.717) is 0 Å². The van der Waals surface area contributed by atoms with Crippen molar-refractivity contribution in [2.75, 3.05) is 13.2 Å². The third kappa shape index (κ3) is 8.72. The molecule has 0 fully saturated rings. The zero-order valence-corrected chi connectivity index (χ0v) is 12.6. The third-order valence-corrected chi connectivity index (χ3v) is 2.99. The molecule has 110 valence electrons. The summed E-state index contributed by atoms with van der Waals surface area (Å²) in [5.41, 5.74) is 0.956. The molecular formula is C13H22O5S. The zero-order valence-electron chi connectivity index (χ0n) is 11.8. The van der Waals surface area contributed by atoms with Crippen LogP contribution in [0.25, 0.3) is 0 Å². The van der Waals surface area contributed by atoms with Crippen molar-refractivity contribution in [1.82, 2.24) is 0 Å². The van der Waals surface area contributed by atoms with E-state index in [4.69, 9.17) is 14.0 Å². The lowest BCUT2D eigenvalue weighted by molar-refractivity contribution is -0.123. The van der Waals surface area contributed by atoms with Crippen LogP contribution in [0.4, 0.5) is 0 Å².